The van der Waals surface area contributed by atoms with E-state index in [1.165, 1.54) is 0 Å². The van der Waals surface area contributed by atoms with E-state index in [-0.39, 0.29) is 5.75 Å². The summed E-state index contributed by atoms with van der Waals surface area (Å²) in [6.07, 6.45) is 3.47. The summed E-state index contributed by atoms with van der Waals surface area (Å²) in [5.41, 5.74) is 2.12. The van der Waals surface area contributed by atoms with Gasteiger partial charge < -0.3 is 5.11 Å². The highest BCUT2D eigenvalue weighted by molar-refractivity contribution is 5.63. The lowest BCUT2D eigenvalue weighted by Gasteiger charge is -2.05. The highest BCUT2D eigenvalue weighted by Gasteiger charge is 1.93. The minimum absolute atomic E-state index is 0.0396. The molecule has 0 fully saturated rings. The minimum atomic E-state index is 0.0396. The quantitative estimate of drug-likeness (QED) is 0.654. The average Bonchev–Trinajstić information content (AvgIpc) is 2.20. The Morgan fingerprint density at radius 2 is 1.31 bits per heavy atom. The molecule has 0 radical (unpaired) electrons. The van der Waals surface area contributed by atoms with Crippen LogP contribution in [-0.2, 0) is 0 Å². The number of nitrogens with zero attached hydrogens (tertiary/aromatic N) is 1. The zero-order chi connectivity index (χ0) is 9.10. The molecule has 13 heavy (non-hydrogen) atoms. The van der Waals surface area contributed by atoms with Crippen LogP contribution in [0.2, 0.25) is 0 Å². The molecule has 2 aromatic rings. The number of benzene rings is 1. The van der Waals surface area contributed by atoms with Gasteiger partial charge in [-0.15, -0.1) is 5.75 Å². The van der Waals surface area contributed by atoms with Crippen molar-refractivity contribution in [2.24, 2.45) is 0 Å². The molecular formula is C11H8NO-. The second kappa shape index (κ2) is 3.27. The second-order valence-corrected chi connectivity index (χ2v) is 2.76. The van der Waals surface area contributed by atoms with Crippen molar-refractivity contribution in [3.05, 3.63) is 48.8 Å². The van der Waals surface area contributed by atoms with E-state index in [0.717, 1.165) is 11.1 Å². The number of aromatic nitrogens is 1. The third kappa shape index (κ3) is 1.67. The SMILES string of the molecule is [O-]c1ccc(-c2ccncc2)cc1. The lowest BCUT2D eigenvalue weighted by atomic mass is 10.1. The zero-order valence-corrected chi connectivity index (χ0v) is 6.97. The minimum Gasteiger partial charge on any atom is -0.872 e. The van der Waals surface area contributed by atoms with Crippen LogP contribution in [0.1, 0.15) is 0 Å². The molecule has 0 unspecified atom stereocenters. The molecule has 0 aliphatic carbocycles. The molecule has 0 bridgehead atoms. The Kier molecular flexibility index (Phi) is 1.96. The number of rotatable bonds is 1. The summed E-state index contributed by atoms with van der Waals surface area (Å²) >= 11 is 0. The van der Waals surface area contributed by atoms with Gasteiger partial charge in [0.05, 0.1) is 0 Å². The highest BCUT2D eigenvalue weighted by atomic mass is 16.3. The van der Waals surface area contributed by atoms with Crippen LogP contribution in [0.4, 0.5) is 0 Å². The van der Waals surface area contributed by atoms with E-state index in [1.807, 2.05) is 24.3 Å². The van der Waals surface area contributed by atoms with Gasteiger partial charge in [0.1, 0.15) is 0 Å². The lowest BCUT2D eigenvalue weighted by molar-refractivity contribution is -0.268. The van der Waals surface area contributed by atoms with E-state index < -0.39 is 0 Å². The predicted octanol–water partition coefficient (Wildman–Crippen LogP) is 1.82. The summed E-state index contributed by atoms with van der Waals surface area (Å²) in [6, 6.07) is 10.6. The fourth-order valence-electron chi connectivity index (χ4n) is 1.19. The predicted molar refractivity (Wildman–Crippen MR) is 49.1 cm³/mol. The lowest BCUT2D eigenvalue weighted by Crippen LogP contribution is -1.87. The van der Waals surface area contributed by atoms with Gasteiger partial charge in [-0.1, -0.05) is 24.3 Å². The van der Waals surface area contributed by atoms with E-state index in [0.29, 0.717) is 0 Å². The van der Waals surface area contributed by atoms with Crippen molar-refractivity contribution in [1.82, 2.24) is 4.98 Å². The van der Waals surface area contributed by atoms with Crippen LogP contribution in [0.5, 0.6) is 5.75 Å². The van der Waals surface area contributed by atoms with Gasteiger partial charge >= 0.3 is 0 Å². The van der Waals surface area contributed by atoms with Crippen LogP contribution < -0.4 is 5.11 Å². The zero-order valence-electron chi connectivity index (χ0n) is 6.97. The maximum Gasteiger partial charge on any atom is 0.0273 e. The molecule has 0 aliphatic rings. The van der Waals surface area contributed by atoms with Gasteiger partial charge in [-0.05, 0) is 23.3 Å². The van der Waals surface area contributed by atoms with Crippen molar-refractivity contribution in [3.8, 4) is 16.9 Å². The first-order valence-corrected chi connectivity index (χ1v) is 4.04. The average molecular weight is 170 g/mol. The normalized spacial score (nSPS) is 9.85. The van der Waals surface area contributed by atoms with Crippen molar-refractivity contribution in [2.75, 3.05) is 0 Å². The summed E-state index contributed by atoms with van der Waals surface area (Å²) in [7, 11) is 0. The van der Waals surface area contributed by atoms with Crippen molar-refractivity contribution in [2.45, 2.75) is 0 Å². The van der Waals surface area contributed by atoms with Crippen molar-refractivity contribution >= 4 is 0 Å². The van der Waals surface area contributed by atoms with E-state index in [9.17, 15) is 5.11 Å². The molecule has 0 amide bonds. The Morgan fingerprint density at radius 3 is 1.92 bits per heavy atom. The van der Waals surface area contributed by atoms with Gasteiger partial charge in [-0.2, -0.15) is 0 Å². The molecule has 1 heterocycles. The summed E-state index contributed by atoms with van der Waals surface area (Å²) in [5.74, 6) is 0.0396. The van der Waals surface area contributed by atoms with E-state index in [4.69, 9.17) is 0 Å². The van der Waals surface area contributed by atoms with Gasteiger partial charge in [0.15, 0.2) is 0 Å². The third-order valence-corrected chi connectivity index (χ3v) is 1.87. The molecule has 2 heteroatoms. The Bertz CT molecular complexity index is 381. The molecule has 0 aliphatic heterocycles. The maximum atomic E-state index is 10.8. The van der Waals surface area contributed by atoms with Crippen LogP contribution in [0, 0.1) is 0 Å². The molecule has 0 atom stereocenters. The number of hydrogen-bond donors (Lipinski definition) is 0. The molecule has 0 N–H and O–H groups in total. The van der Waals surface area contributed by atoms with Crippen LogP contribution in [-0.4, -0.2) is 4.98 Å². The van der Waals surface area contributed by atoms with Gasteiger partial charge in [0, 0.05) is 12.4 Å². The van der Waals surface area contributed by atoms with E-state index in [1.54, 1.807) is 24.5 Å². The monoisotopic (exact) mass is 170 g/mol. The molecule has 2 nitrogen and oxygen atoms in total. The first-order valence-electron chi connectivity index (χ1n) is 4.04. The molecule has 0 saturated carbocycles. The Hall–Kier alpha value is -1.83. The van der Waals surface area contributed by atoms with Crippen molar-refractivity contribution in [3.63, 3.8) is 0 Å². The fraction of sp³-hybridized carbons (Fsp3) is 0. The molecule has 1 aromatic heterocycles. The summed E-state index contributed by atoms with van der Waals surface area (Å²) in [6.45, 7) is 0. The summed E-state index contributed by atoms with van der Waals surface area (Å²) in [4.78, 5) is 3.93. The van der Waals surface area contributed by atoms with E-state index >= 15 is 0 Å². The summed E-state index contributed by atoms with van der Waals surface area (Å²) < 4.78 is 0. The fourth-order valence-corrected chi connectivity index (χ4v) is 1.19. The van der Waals surface area contributed by atoms with Gasteiger partial charge in [0.25, 0.3) is 0 Å². The second-order valence-electron chi connectivity index (χ2n) is 2.76. The van der Waals surface area contributed by atoms with Crippen molar-refractivity contribution < 1.29 is 5.11 Å². The van der Waals surface area contributed by atoms with Crippen LogP contribution in [0.3, 0.4) is 0 Å². The standard InChI is InChI=1S/C11H9NO/c13-11-3-1-9(2-4-11)10-5-7-12-8-6-10/h1-8,13H/p-1. The molecule has 64 valence electrons. The van der Waals surface area contributed by atoms with Gasteiger partial charge in [-0.25, -0.2) is 0 Å². The molecular weight excluding hydrogens is 162 g/mol. The highest BCUT2D eigenvalue weighted by Crippen LogP contribution is 2.19. The first kappa shape index (κ1) is 7.80. The first-order chi connectivity index (χ1) is 6.36. The summed E-state index contributed by atoms with van der Waals surface area (Å²) in [5, 5.41) is 10.8. The Balaban J connectivity index is 2.42. The Labute approximate surface area is 76.5 Å². The number of pyridine rings is 1. The van der Waals surface area contributed by atoms with Gasteiger partial charge in [0.2, 0.25) is 0 Å². The van der Waals surface area contributed by atoms with Crippen molar-refractivity contribution in [1.29, 1.82) is 0 Å². The van der Waals surface area contributed by atoms with E-state index in [2.05, 4.69) is 4.98 Å². The Morgan fingerprint density at radius 1 is 0.769 bits per heavy atom. The smallest absolute Gasteiger partial charge is 0.0273 e. The number of hydrogen-bond acceptors (Lipinski definition) is 2. The maximum absolute atomic E-state index is 10.8. The van der Waals surface area contributed by atoms with Crippen LogP contribution in [0.25, 0.3) is 11.1 Å². The molecule has 0 saturated heterocycles. The van der Waals surface area contributed by atoms with Gasteiger partial charge in [-0.3, -0.25) is 4.98 Å². The largest absolute Gasteiger partial charge is 0.872 e. The van der Waals surface area contributed by atoms with Crippen LogP contribution >= 0.6 is 0 Å². The molecule has 0 spiro atoms. The van der Waals surface area contributed by atoms with Crippen LogP contribution in [0.15, 0.2) is 48.8 Å². The third-order valence-electron chi connectivity index (χ3n) is 1.87. The topological polar surface area (TPSA) is 36.0 Å². The molecule has 1 aromatic carbocycles. The molecule has 2 rings (SSSR count).